The smallest absolute Gasteiger partial charge is 0.324 e. The van der Waals surface area contributed by atoms with Gasteiger partial charge in [0, 0.05) is 6.16 Å². The third kappa shape index (κ3) is 14.5. The normalized spacial score (nSPS) is 13.2. The van der Waals surface area contributed by atoms with Crippen molar-refractivity contribution >= 4 is 20.0 Å². The Balaban J connectivity index is 0.00000576. The molecule has 5 heteroatoms. The molecule has 1 unspecified atom stereocenters. The van der Waals surface area contributed by atoms with E-state index in [1.165, 1.54) is 51.4 Å². The number of halogens is 1. The van der Waals surface area contributed by atoms with Gasteiger partial charge in [-0.05, 0) is 12.0 Å². The van der Waals surface area contributed by atoms with Crippen molar-refractivity contribution in [2.75, 3.05) is 6.16 Å². The van der Waals surface area contributed by atoms with Gasteiger partial charge in [0.2, 0.25) is 0 Å². The molecule has 0 fully saturated rings. The van der Waals surface area contributed by atoms with Gasteiger partial charge in [-0.25, -0.2) is 0 Å². The Hall–Kier alpha value is -0.340. The molecule has 0 saturated carbocycles. The second-order valence-electron chi connectivity index (χ2n) is 6.66. The Morgan fingerprint density at radius 2 is 1.32 bits per heavy atom. The third-order valence-electron chi connectivity index (χ3n) is 4.32. The number of hydrogen-bond donors (Lipinski definition) is 1. The largest absolute Gasteiger partial charge is 0.328 e. The van der Waals surface area contributed by atoms with E-state index in [0.29, 0.717) is 0 Å². The highest BCUT2D eigenvalue weighted by molar-refractivity contribution is 7.52. The Morgan fingerprint density at radius 3 is 1.84 bits per heavy atom. The molecule has 0 aliphatic heterocycles. The van der Waals surface area contributed by atoms with Gasteiger partial charge >= 0.3 is 7.60 Å². The predicted molar refractivity (Wildman–Crippen MR) is 110 cm³/mol. The molecule has 3 nitrogen and oxygen atoms in total. The van der Waals surface area contributed by atoms with Gasteiger partial charge in [0.1, 0.15) is 0 Å². The van der Waals surface area contributed by atoms with Crippen LogP contribution in [0.3, 0.4) is 0 Å². The summed E-state index contributed by atoms with van der Waals surface area (Å²) in [6.07, 6.45) is 13.9. The maximum atomic E-state index is 12.0. The summed E-state index contributed by atoms with van der Waals surface area (Å²) >= 11 is 0. The van der Waals surface area contributed by atoms with Crippen molar-refractivity contribution in [2.24, 2.45) is 0 Å². The summed E-state index contributed by atoms with van der Waals surface area (Å²) in [6.45, 7) is 2.46. The van der Waals surface area contributed by atoms with Gasteiger partial charge in [-0.2, -0.15) is 0 Å². The monoisotopic (exact) mass is 390 g/mol. The molecule has 0 bridgehead atoms. The van der Waals surface area contributed by atoms with Crippen molar-refractivity contribution in [3.05, 3.63) is 35.9 Å². The molecule has 0 aliphatic rings. The average Bonchev–Trinajstić information content (AvgIpc) is 2.59. The summed E-state index contributed by atoms with van der Waals surface area (Å²) < 4.78 is 17.2. The first-order valence-corrected chi connectivity index (χ1v) is 11.4. The fraction of sp³-hybridized carbons (Fsp3) is 0.700. The van der Waals surface area contributed by atoms with Crippen LogP contribution in [0.5, 0.6) is 0 Å². The fourth-order valence-corrected chi connectivity index (χ4v) is 3.89. The number of benzene rings is 1. The summed E-state index contributed by atoms with van der Waals surface area (Å²) in [5.74, 6) is 0. The fourth-order valence-electron chi connectivity index (χ4n) is 2.79. The van der Waals surface area contributed by atoms with Gasteiger partial charge < -0.3 is 9.42 Å². The molecular formula is C20H36ClO3P. The first-order chi connectivity index (χ1) is 11.6. The van der Waals surface area contributed by atoms with E-state index in [2.05, 4.69) is 6.92 Å². The van der Waals surface area contributed by atoms with Crippen LogP contribution >= 0.6 is 20.0 Å². The van der Waals surface area contributed by atoms with Crippen molar-refractivity contribution in [3.8, 4) is 0 Å². The third-order valence-corrected chi connectivity index (χ3v) is 5.73. The lowest BCUT2D eigenvalue weighted by Gasteiger charge is -2.12. The summed E-state index contributed by atoms with van der Waals surface area (Å²) in [7, 11) is -3.44. The summed E-state index contributed by atoms with van der Waals surface area (Å²) in [5, 5.41) is 0. The average molecular weight is 391 g/mol. The van der Waals surface area contributed by atoms with Crippen LogP contribution in [-0.4, -0.2) is 11.1 Å². The van der Waals surface area contributed by atoms with Crippen LogP contribution in [0, 0.1) is 0 Å². The van der Waals surface area contributed by atoms with Crippen molar-refractivity contribution in [3.63, 3.8) is 0 Å². The molecule has 1 rings (SSSR count). The maximum Gasteiger partial charge on any atom is 0.328 e. The molecule has 0 aromatic heterocycles. The van der Waals surface area contributed by atoms with Crippen LogP contribution in [0.1, 0.15) is 83.1 Å². The minimum atomic E-state index is -3.44. The number of rotatable bonds is 15. The SMILES string of the molecule is CCCCCCCCCCCCCP(=O)(O)OCc1ccccc1.Cl. The van der Waals surface area contributed by atoms with Crippen LogP contribution in [0.15, 0.2) is 30.3 Å². The maximum absolute atomic E-state index is 12.0. The van der Waals surface area contributed by atoms with Crippen LogP contribution in [0.25, 0.3) is 0 Å². The van der Waals surface area contributed by atoms with Gasteiger partial charge in [-0.15, -0.1) is 12.4 Å². The van der Waals surface area contributed by atoms with Crippen LogP contribution in [0.2, 0.25) is 0 Å². The lowest BCUT2D eigenvalue weighted by Crippen LogP contribution is -1.96. The molecule has 0 radical (unpaired) electrons. The van der Waals surface area contributed by atoms with Crippen molar-refractivity contribution in [2.45, 2.75) is 84.2 Å². The highest BCUT2D eigenvalue weighted by Crippen LogP contribution is 2.43. The molecule has 1 aromatic rings. The summed E-state index contributed by atoms with van der Waals surface area (Å²) in [6, 6.07) is 9.55. The Labute approximate surface area is 160 Å². The summed E-state index contributed by atoms with van der Waals surface area (Å²) in [4.78, 5) is 9.85. The Morgan fingerprint density at radius 1 is 0.840 bits per heavy atom. The zero-order valence-electron chi connectivity index (χ0n) is 15.7. The van der Waals surface area contributed by atoms with Crippen LogP contribution < -0.4 is 0 Å². The Bertz CT molecular complexity index is 454. The molecule has 1 aromatic carbocycles. The number of hydrogen-bond acceptors (Lipinski definition) is 2. The molecule has 1 N–H and O–H groups in total. The van der Waals surface area contributed by atoms with Crippen molar-refractivity contribution < 1.29 is 14.0 Å². The summed E-state index contributed by atoms with van der Waals surface area (Å²) in [5.41, 5.74) is 0.936. The van der Waals surface area contributed by atoms with E-state index < -0.39 is 7.60 Å². The highest BCUT2D eigenvalue weighted by Gasteiger charge is 2.18. The van der Waals surface area contributed by atoms with Gasteiger partial charge in [-0.1, -0.05) is 101 Å². The molecule has 0 aliphatic carbocycles. The van der Waals surface area contributed by atoms with Gasteiger partial charge in [0.15, 0.2) is 0 Å². The zero-order chi connectivity index (χ0) is 17.5. The highest BCUT2D eigenvalue weighted by atomic mass is 35.5. The second kappa shape index (κ2) is 15.9. The number of unbranched alkanes of at least 4 members (excludes halogenated alkanes) is 10. The minimum Gasteiger partial charge on any atom is -0.324 e. The minimum absolute atomic E-state index is 0. The van der Waals surface area contributed by atoms with Gasteiger partial charge in [-0.3, -0.25) is 4.57 Å². The topological polar surface area (TPSA) is 46.5 Å². The molecule has 0 saturated heterocycles. The van der Waals surface area contributed by atoms with Crippen LogP contribution in [0.4, 0.5) is 0 Å². The van der Waals surface area contributed by atoms with Gasteiger partial charge in [0.05, 0.1) is 6.61 Å². The quantitative estimate of drug-likeness (QED) is 0.256. The predicted octanol–water partition coefficient (Wildman–Crippen LogP) is 7.12. The van der Waals surface area contributed by atoms with E-state index in [1.807, 2.05) is 30.3 Å². The second-order valence-corrected chi connectivity index (χ2v) is 8.64. The van der Waals surface area contributed by atoms with E-state index >= 15 is 0 Å². The van der Waals surface area contributed by atoms with E-state index in [9.17, 15) is 9.46 Å². The van der Waals surface area contributed by atoms with E-state index in [1.54, 1.807) is 0 Å². The molecule has 1 atom stereocenters. The molecule has 0 amide bonds. The van der Waals surface area contributed by atoms with E-state index in [0.717, 1.165) is 24.8 Å². The van der Waals surface area contributed by atoms with Crippen molar-refractivity contribution in [1.29, 1.82) is 0 Å². The molecule has 146 valence electrons. The molecule has 0 spiro atoms. The first kappa shape index (κ1) is 24.7. The van der Waals surface area contributed by atoms with Crippen LogP contribution in [-0.2, 0) is 15.7 Å². The molecular weight excluding hydrogens is 355 g/mol. The van der Waals surface area contributed by atoms with Gasteiger partial charge in [0.25, 0.3) is 0 Å². The lowest BCUT2D eigenvalue weighted by atomic mass is 10.1. The van der Waals surface area contributed by atoms with E-state index in [4.69, 9.17) is 4.52 Å². The van der Waals surface area contributed by atoms with Crippen molar-refractivity contribution in [1.82, 2.24) is 0 Å². The van der Waals surface area contributed by atoms with E-state index in [-0.39, 0.29) is 25.2 Å². The molecule has 25 heavy (non-hydrogen) atoms. The molecule has 0 heterocycles. The standard InChI is InChI=1S/C20H35O3P.ClH/c1-2-3-4-5-6-7-8-9-10-11-15-18-24(21,22)23-19-20-16-13-12-14-17-20;/h12-14,16-17H,2-11,15,18-19H2,1H3,(H,21,22);1H. The zero-order valence-corrected chi connectivity index (χ0v) is 17.4. The lowest BCUT2D eigenvalue weighted by molar-refractivity contribution is 0.249. The first-order valence-electron chi connectivity index (χ1n) is 9.64. The Kier molecular flexibility index (Phi) is 15.7.